The van der Waals surface area contributed by atoms with E-state index in [1.54, 1.807) is 0 Å². The van der Waals surface area contributed by atoms with Crippen molar-refractivity contribution in [3.63, 3.8) is 0 Å². The summed E-state index contributed by atoms with van der Waals surface area (Å²) in [6.07, 6.45) is 1.35. The SMILES string of the molecule is C=C(C)CNC(=S)n1ncnc1N. The molecule has 0 aromatic carbocycles. The van der Waals surface area contributed by atoms with Gasteiger partial charge in [0.2, 0.25) is 5.95 Å². The van der Waals surface area contributed by atoms with Crippen molar-refractivity contribution in [3.05, 3.63) is 18.5 Å². The van der Waals surface area contributed by atoms with Gasteiger partial charge in [0.15, 0.2) is 5.11 Å². The van der Waals surface area contributed by atoms with Crippen molar-refractivity contribution in [2.75, 3.05) is 12.3 Å². The van der Waals surface area contributed by atoms with E-state index >= 15 is 0 Å². The lowest BCUT2D eigenvalue weighted by Gasteiger charge is -2.07. The molecule has 13 heavy (non-hydrogen) atoms. The number of nitrogen functional groups attached to an aromatic ring is 1. The maximum atomic E-state index is 5.49. The number of thiocarbonyl (C=S) groups is 1. The zero-order chi connectivity index (χ0) is 9.84. The van der Waals surface area contributed by atoms with Crippen LogP contribution in [0, 0.1) is 0 Å². The molecule has 1 aromatic heterocycles. The molecule has 0 aliphatic heterocycles. The Morgan fingerprint density at radius 2 is 2.54 bits per heavy atom. The molecule has 1 aromatic rings. The number of aromatic nitrogens is 3. The molecule has 0 atom stereocenters. The molecule has 0 aliphatic rings. The molecule has 0 saturated heterocycles. The van der Waals surface area contributed by atoms with E-state index in [4.69, 9.17) is 18.0 Å². The first kappa shape index (κ1) is 9.66. The van der Waals surface area contributed by atoms with Crippen LogP contribution in [0.1, 0.15) is 6.92 Å². The van der Waals surface area contributed by atoms with E-state index < -0.39 is 0 Å². The van der Waals surface area contributed by atoms with E-state index in [0.717, 1.165) is 5.57 Å². The van der Waals surface area contributed by atoms with Crippen LogP contribution in [0.3, 0.4) is 0 Å². The van der Waals surface area contributed by atoms with E-state index in [9.17, 15) is 0 Å². The molecule has 1 rings (SSSR count). The summed E-state index contributed by atoms with van der Waals surface area (Å²) < 4.78 is 1.36. The molecule has 6 heteroatoms. The molecule has 3 N–H and O–H groups in total. The summed E-state index contributed by atoms with van der Waals surface area (Å²) in [6, 6.07) is 0. The van der Waals surface area contributed by atoms with Crippen LogP contribution in [0.2, 0.25) is 0 Å². The second kappa shape index (κ2) is 3.99. The minimum Gasteiger partial charge on any atom is -0.368 e. The minimum absolute atomic E-state index is 0.277. The fraction of sp³-hybridized carbons (Fsp3) is 0.286. The summed E-state index contributed by atoms with van der Waals surface area (Å²) >= 11 is 5.01. The highest BCUT2D eigenvalue weighted by atomic mass is 32.1. The van der Waals surface area contributed by atoms with Gasteiger partial charge in [-0.05, 0) is 19.1 Å². The molecular weight excluding hydrogens is 186 g/mol. The number of hydrogen-bond donors (Lipinski definition) is 2. The molecule has 1 heterocycles. The van der Waals surface area contributed by atoms with E-state index in [2.05, 4.69) is 22.0 Å². The normalized spacial score (nSPS) is 9.62. The van der Waals surface area contributed by atoms with Crippen LogP contribution in [-0.2, 0) is 0 Å². The summed E-state index contributed by atoms with van der Waals surface area (Å²) in [5.74, 6) is 0.277. The molecule has 0 unspecified atom stereocenters. The fourth-order valence-corrected chi connectivity index (χ4v) is 0.921. The number of rotatable bonds is 2. The molecular formula is C7H11N5S. The zero-order valence-electron chi connectivity index (χ0n) is 7.32. The summed E-state index contributed by atoms with van der Waals surface area (Å²) in [6.45, 7) is 6.24. The summed E-state index contributed by atoms with van der Waals surface area (Å²) in [7, 11) is 0. The molecule has 0 radical (unpaired) electrons. The van der Waals surface area contributed by atoms with Crippen LogP contribution in [0.25, 0.3) is 0 Å². The summed E-state index contributed by atoms with van der Waals surface area (Å²) in [5.41, 5.74) is 6.47. The molecule has 0 fully saturated rings. The third-order valence-corrected chi connectivity index (χ3v) is 1.63. The van der Waals surface area contributed by atoms with Gasteiger partial charge >= 0.3 is 0 Å². The van der Waals surface area contributed by atoms with Crippen LogP contribution >= 0.6 is 12.2 Å². The van der Waals surface area contributed by atoms with E-state index in [1.165, 1.54) is 11.0 Å². The largest absolute Gasteiger partial charge is 0.368 e. The lowest BCUT2D eigenvalue weighted by molar-refractivity contribution is 0.875. The van der Waals surface area contributed by atoms with Gasteiger partial charge in [0.05, 0.1) is 0 Å². The molecule has 0 bridgehead atoms. The molecule has 0 amide bonds. The minimum atomic E-state index is 0.277. The van der Waals surface area contributed by atoms with Crippen molar-refractivity contribution in [2.45, 2.75) is 6.92 Å². The first-order valence-corrected chi connectivity index (χ1v) is 4.10. The van der Waals surface area contributed by atoms with Crippen LogP contribution in [0.4, 0.5) is 5.95 Å². The van der Waals surface area contributed by atoms with Crippen LogP contribution in [0.5, 0.6) is 0 Å². The predicted molar refractivity (Wildman–Crippen MR) is 55.2 cm³/mol. The van der Waals surface area contributed by atoms with Gasteiger partial charge in [-0.2, -0.15) is 14.8 Å². The Labute approximate surface area is 81.6 Å². The van der Waals surface area contributed by atoms with Gasteiger partial charge in [0, 0.05) is 6.54 Å². The maximum absolute atomic E-state index is 5.49. The highest BCUT2D eigenvalue weighted by molar-refractivity contribution is 7.80. The Bertz CT molecular complexity index is 329. The topological polar surface area (TPSA) is 68.8 Å². The number of hydrogen-bond acceptors (Lipinski definition) is 4. The third kappa shape index (κ3) is 2.51. The van der Waals surface area contributed by atoms with Crippen LogP contribution in [0.15, 0.2) is 18.5 Å². The van der Waals surface area contributed by atoms with Crippen molar-refractivity contribution in [1.82, 2.24) is 20.1 Å². The van der Waals surface area contributed by atoms with Gasteiger partial charge in [-0.25, -0.2) is 0 Å². The Morgan fingerprint density at radius 3 is 3.00 bits per heavy atom. The second-order valence-electron chi connectivity index (χ2n) is 2.65. The van der Waals surface area contributed by atoms with E-state index in [0.29, 0.717) is 11.7 Å². The average Bonchev–Trinajstić information content (AvgIpc) is 2.47. The van der Waals surface area contributed by atoms with Gasteiger partial charge in [0.25, 0.3) is 0 Å². The van der Waals surface area contributed by atoms with Gasteiger partial charge in [-0.15, -0.1) is 0 Å². The monoisotopic (exact) mass is 197 g/mol. The summed E-state index contributed by atoms with van der Waals surface area (Å²) in [5, 5.41) is 7.21. The first-order valence-electron chi connectivity index (χ1n) is 3.69. The highest BCUT2D eigenvalue weighted by Gasteiger charge is 2.03. The first-order chi connectivity index (χ1) is 6.11. The molecule has 70 valence electrons. The number of nitrogens with zero attached hydrogens (tertiary/aromatic N) is 3. The lowest BCUT2D eigenvalue weighted by Crippen LogP contribution is -2.31. The number of nitrogens with two attached hydrogens (primary N) is 1. The Kier molecular flexibility index (Phi) is 2.97. The third-order valence-electron chi connectivity index (χ3n) is 1.31. The Hall–Kier alpha value is -1.43. The smallest absolute Gasteiger partial charge is 0.225 e. The molecule has 0 aliphatic carbocycles. The lowest BCUT2D eigenvalue weighted by atomic mass is 10.3. The van der Waals surface area contributed by atoms with Crippen molar-refractivity contribution in [3.8, 4) is 0 Å². The zero-order valence-corrected chi connectivity index (χ0v) is 8.14. The quantitative estimate of drug-likeness (QED) is 0.522. The van der Waals surface area contributed by atoms with Gasteiger partial charge in [-0.1, -0.05) is 12.2 Å². The Balaban J connectivity index is 2.59. The van der Waals surface area contributed by atoms with E-state index in [1.807, 2.05) is 6.92 Å². The summed E-state index contributed by atoms with van der Waals surface area (Å²) in [4.78, 5) is 3.74. The van der Waals surface area contributed by atoms with Crippen molar-refractivity contribution < 1.29 is 0 Å². The molecule has 0 spiro atoms. The second-order valence-corrected chi connectivity index (χ2v) is 3.03. The van der Waals surface area contributed by atoms with Gasteiger partial charge < -0.3 is 11.1 Å². The highest BCUT2D eigenvalue weighted by Crippen LogP contribution is 1.93. The number of nitrogens with one attached hydrogen (secondary N) is 1. The predicted octanol–water partition coefficient (Wildman–Crippen LogP) is 0.159. The average molecular weight is 197 g/mol. The van der Waals surface area contributed by atoms with Crippen molar-refractivity contribution in [1.29, 1.82) is 0 Å². The Morgan fingerprint density at radius 1 is 1.85 bits per heavy atom. The van der Waals surface area contributed by atoms with Gasteiger partial charge in [-0.3, -0.25) is 0 Å². The maximum Gasteiger partial charge on any atom is 0.225 e. The number of anilines is 1. The van der Waals surface area contributed by atoms with E-state index in [-0.39, 0.29) is 5.95 Å². The van der Waals surface area contributed by atoms with Gasteiger partial charge in [0.1, 0.15) is 6.33 Å². The van der Waals surface area contributed by atoms with Crippen LogP contribution in [-0.4, -0.2) is 26.4 Å². The standard InChI is InChI=1S/C7H11N5S/c1-5(2)3-9-7(13)12-6(8)10-4-11-12/h4H,1,3H2,2H3,(H,9,13)(H2,8,10,11). The van der Waals surface area contributed by atoms with Crippen molar-refractivity contribution in [2.24, 2.45) is 0 Å². The fourth-order valence-electron chi connectivity index (χ4n) is 0.708. The molecule has 5 nitrogen and oxygen atoms in total. The molecule has 0 saturated carbocycles. The van der Waals surface area contributed by atoms with Crippen LogP contribution < -0.4 is 11.1 Å². The van der Waals surface area contributed by atoms with Crippen molar-refractivity contribution >= 4 is 23.3 Å².